The number of esters is 1. The zero-order valence-electron chi connectivity index (χ0n) is 13.5. The van der Waals surface area contributed by atoms with Crippen molar-refractivity contribution in [2.75, 3.05) is 25.0 Å². The summed E-state index contributed by atoms with van der Waals surface area (Å²) in [6.07, 6.45) is 1.71. The molecule has 2 rings (SSSR count). The molecule has 0 radical (unpaired) electrons. The number of rotatable bonds is 5. The first-order valence-electron chi connectivity index (χ1n) is 7.98. The van der Waals surface area contributed by atoms with Gasteiger partial charge in [0.2, 0.25) is 5.91 Å². The van der Waals surface area contributed by atoms with Crippen LogP contribution in [0.2, 0.25) is 5.02 Å². The minimum atomic E-state index is -0.303. The lowest BCUT2D eigenvalue weighted by Gasteiger charge is -2.35. The second-order valence-electron chi connectivity index (χ2n) is 5.76. The molecule has 1 amide bonds. The van der Waals surface area contributed by atoms with Crippen LogP contribution >= 0.6 is 11.6 Å². The Kier molecular flexibility index (Phi) is 6.42. The van der Waals surface area contributed by atoms with Crippen LogP contribution in [0, 0.1) is 5.92 Å². The standard InChI is InChI=1S/C17H23ClN2O3/c1-3-23-17(22)13-5-4-10-20(11-13)12(2)16(21)19-15-8-6-14(18)7-9-15/h6-9,12-13H,3-5,10-11H2,1-2H3,(H,19,21)/t12-,13-/m0/s1. The van der Waals surface area contributed by atoms with Gasteiger partial charge in [-0.25, -0.2) is 0 Å². The van der Waals surface area contributed by atoms with Gasteiger partial charge in [0.25, 0.3) is 0 Å². The lowest BCUT2D eigenvalue weighted by Crippen LogP contribution is -2.48. The first-order valence-corrected chi connectivity index (χ1v) is 8.36. The smallest absolute Gasteiger partial charge is 0.310 e. The number of anilines is 1. The third-order valence-corrected chi connectivity index (χ3v) is 4.36. The number of nitrogens with zero attached hydrogens (tertiary/aromatic N) is 1. The minimum absolute atomic E-state index is 0.0863. The number of ether oxygens (including phenoxy) is 1. The second-order valence-corrected chi connectivity index (χ2v) is 6.19. The lowest BCUT2D eigenvalue weighted by molar-refractivity contribution is -0.150. The zero-order chi connectivity index (χ0) is 16.8. The van der Waals surface area contributed by atoms with Gasteiger partial charge in [-0.05, 0) is 57.5 Å². The van der Waals surface area contributed by atoms with Gasteiger partial charge in [0.05, 0.1) is 18.6 Å². The highest BCUT2D eigenvalue weighted by Crippen LogP contribution is 2.21. The van der Waals surface area contributed by atoms with Gasteiger partial charge >= 0.3 is 5.97 Å². The van der Waals surface area contributed by atoms with Gasteiger partial charge in [-0.2, -0.15) is 0 Å². The summed E-state index contributed by atoms with van der Waals surface area (Å²) in [6, 6.07) is 6.71. The number of likely N-dealkylation sites (tertiary alicyclic amines) is 1. The summed E-state index contributed by atoms with van der Waals surface area (Å²) in [6.45, 7) is 5.43. The second kappa shape index (κ2) is 8.31. The molecule has 0 aromatic heterocycles. The van der Waals surface area contributed by atoms with Crippen molar-refractivity contribution in [2.45, 2.75) is 32.7 Å². The Morgan fingerprint density at radius 1 is 1.39 bits per heavy atom. The monoisotopic (exact) mass is 338 g/mol. The molecular weight excluding hydrogens is 316 g/mol. The van der Waals surface area contributed by atoms with Gasteiger partial charge in [-0.1, -0.05) is 11.6 Å². The predicted molar refractivity (Wildman–Crippen MR) is 90.5 cm³/mol. The average Bonchev–Trinajstić information content (AvgIpc) is 2.56. The summed E-state index contributed by atoms with van der Waals surface area (Å²) in [5, 5.41) is 3.51. The fraction of sp³-hybridized carbons (Fsp3) is 0.529. The molecule has 1 aliphatic heterocycles. The lowest BCUT2D eigenvalue weighted by atomic mass is 9.97. The molecule has 1 aromatic rings. The minimum Gasteiger partial charge on any atom is -0.466 e. The van der Waals surface area contributed by atoms with Crippen molar-refractivity contribution in [1.82, 2.24) is 4.90 Å². The zero-order valence-corrected chi connectivity index (χ0v) is 14.3. The Bertz CT molecular complexity index is 547. The summed E-state index contributed by atoms with van der Waals surface area (Å²) in [5.41, 5.74) is 0.713. The molecule has 1 saturated heterocycles. The van der Waals surface area contributed by atoms with Crippen molar-refractivity contribution in [1.29, 1.82) is 0 Å². The van der Waals surface area contributed by atoms with Crippen molar-refractivity contribution in [3.63, 3.8) is 0 Å². The predicted octanol–water partition coefficient (Wildman–Crippen LogP) is 2.94. The van der Waals surface area contributed by atoms with E-state index in [0.29, 0.717) is 23.9 Å². The number of amides is 1. The number of carbonyl (C=O) groups excluding carboxylic acids is 2. The molecular formula is C17H23ClN2O3. The quantitative estimate of drug-likeness (QED) is 0.839. The number of hydrogen-bond donors (Lipinski definition) is 1. The van der Waals surface area contributed by atoms with Crippen LogP contribution in [0.1, 0.15) is 26.7 Å². The van der Waals surface area contributed by atoms with Crippen molar-refractivity contribution in [3.05, 3.63) is 29.3 Å². The average molecular weight is 339 g/mol. The Morgan fingerprint density at radius 2 is 2.09 bits per heavy atom. The number of benzene rings is 1. The Labute approximate surface area is 141 Å². The maximum atomic E-state index is 12.4. The summed E-state index contributed by atoms with van der Waals surface area (Å²) in [7, 11) is 0. The molecule has 6 heteroatoms. The van der Waals surface area contributed by atoms with Crippen LogP contribution in [0.4, 0.5) is 5.69 Å². The van der Waals surface area contributed by atoms with E-state index in [-0.39, 0.29) is 23.8 Å². The molecule has 126 valence electrons. The van der Waals surface area contributed by atoms with Crippen LogP contribution < -0.4 is 5.32 Å². The molecule has 2 atom stereocenters. The Morgan fingerprint density at radius 3 is 2.74 bits per heavy atom. The number of nitrogens with one attached hydrogen (secondary N) is 1. The van der Waals surface area contributed by atoms with E-state index >= 15 is 0 Å². The van der Waals surface area contributed by atoms with Crippen LogP contribution in [0.3, 0.4) is 0 Å². The molecule has 1 aromatic carbocycles. The van der Waals surface area contributed by atoms with Crippen LogP contribution in [0.5, 0.6) is 0 Å². The normalized spacial score (nSPS) is 19.9. The van der Waals surface area contributed by atoms with Crippen LogP contribution in [-0.2, 0) is 14.3 Å². The molecule has 0 unspecified atom stereocenters. The van der Waals surface area contributed by atoms with E-state index in [1.807, 2.05) is 11.8 Å². The highest BCUT2D eigenvalue weighted by molar-refractivity contribution is 6.30. The molecule has 1 fully saturated rings. The first-order chi connectivity index (χ1) is 11.0. The fourth-order valence-corrected chi connectivity index (χ4v) is 2.88. The van der Waals surface area contributed by atoms with E-state index in [2.05, 4.69) is 5.32 Å². The molecule has 0 aliphatic carbocycles. The Hall–Kier alpha value is -1.59. The molecule has 5 nitrogen and oxygen atoms in total. The van der Waals surface area contributed by atoms with E-state index in [0.717, 1.165) is 19.4 Å². The van der Waals surface area contributed by atoms with Gasteiger partial charge < -0.3 is 10.1 Å². The third-order valence-electron chi connectivity index (χ3n) is 4.11. The van der Waals surface area contributed by atoms with Gasteiger partial charge in [-0.3, -0.25) is 14.5 Å². The topological polar surface area (TPSA) is 58.6 Å². The molecule has 23 heavy (non-hydrogen) atoms. The molecule has 1 N–H and O–H groups in total. The first kappa shape index (κ1) is 17.8. The fourth-order valence-electron chi connectivity index (χ4n) is 2.76. The van der Waals surface area contributed by atoms with Crippen LogP contribution in [-0.4, -0.2) is 42.5 Å². The third kappa shape index (κ3) is 4.94. The maximum Gasteiger partial charge on any atom is 0.310 e. The highest BCUT2D eigenvalue weighted by atomic mass is 35.5. The van der Waals surface area contributed by atoms with Crippen molar-refractivity contribution >= 4 is 29.2 Å². The molecule has 0 spiro atoms. The van der Waals surface area contributed by atoms with Gasteiger partial charge in [0.1, 0.15) is 0 Å². The van der Waals surface area contributed by atoms with Gasteiger partial charge in [-0.15, -0.1) is 0 Å². The van der Waals surface area contributed by atoms with Gasteiger partial charge in [0.15, 0.2) is 0 Å². The molecule has 0 bridgehead atoms. The van der Waals surface area contributed by atoms with E-state index in [1.165, 1.54) is 0 Å². The Balaban J connectivity index is 1.93. The highest BCUT2D eigenvalue weighted by Gasteiger charge is 2.31. The van der Waals surface area contributed by atoms with Crippen molar-refractivity contribution in [3.8, 4) is 0 Å². The molecule has 1 heterocycles. The molecule has 1 aliphatic rings. The number of piperidine rings is 1. The van der Waals surface area contributed by atoms with Crippen molar-refractivity contribution in [2.24, 2.45) is 5.92 Å². The van der Waals surface area contributed by atoms with E-state index in [1.54, 1.807) is 31.2 Å². The SMILES string of the molecule is CCOC(=O)[C@H]1CCCN([C@@H](C)C(=O)Nc2ccc(Cl)cc2)C1. The van der Waals surface area contributed by atoms with Crippen molar-refractivity contribution < 1.29 is 14.3 Å². The number of carbonyl (C=O) groups is 2. The number of hydrogen-bond acceptors (Lipinski definition) is 4. The maximum absolute atomic E-state index is 12.4. The van der Waals surface area contributed by atoms with Crippen LogP contribution in [0.25, 0.3) is 0 Å². The largest absolute Gasteiger partial charge is 0.466 e. The van der Waals surface area contributed by atoms with E-state index < -0.39 is 0 Å². The van der Waals surface area contributed by atoms with Crippen LogP contribution in [0.15, 0.2) is 24.3 Å². The number of halogens is 1. The summed E-state index contributed by atoms with van der Waals surface area (Å²) in [4.78, 5) is 26.3. The summed E-state index contributed by atoms with van der Waals surface area (Å²) < 4.78 is 5.10. The van der Waals surface area contributed by atoms with E-state index in [9.17, 15) is 9.59 Å². The van der Waals surface area contributed by atoms with Gasteiger partial charge in [0, 0.05) is 17.3 Å². The summed E-state index contributed by atoms with van der Waals surface area (Å²) in [5.74, 6) is -0.395. The molecule has 0 saturated carbocycles. The summed E-state index contributed by atoms with van der Waals surface area (Å²) >= 11 is 5.84. The van der Waals surface area contributed by atoms with E-state index in [4.69, 9.17) is 16.3 Å².